The molecule has 0 aromatic heterocycles. The normalized spacial score (nSPS) is 29.0. The van der Waals surface area contributed by atoms with Crippen LogP contribution in [-0.2, 0) is 9.59 Å². The summed E-state index contributed by atoms with van der Waals surface area (Å²) in [4.78, 5) is 23.4. The van der Waals surface area contributed by atoms with Gasteiger partial charge in [0.2, 0.25) is 5.91 Å². The topological polar surface area (TPSA) is 66.4 Å². The summed E-state index contributed by atoms with van der Waals surface area (Å²) in [6.07, 6.45) is 3.55. The van der Waals surface area contributed by atoms with Crippen molar-refractivity contribution in [1.29, 1.82) is 0 Å². The molecule has 0 aromatic carbocycles. The second-order valence-electron chi connectivity index (χ2n) is 6.24. The summed E-state index contributed by atoms with van der Waals surface area (Å²) in [6.45, 7) is 8.25. The average Bonchev–Trinajstić information content (AvgIpc) is 2.34. The quantitative estimate of drug-likeness (QED) is 0.806. The molecule has 1 aliphatic rings. The Labute approximate surface area is 116 Å². The first kappa shape index (κ1) is 16.0. The molecule has 0 radical (unpaired) electrons. The molecule has 0 heterocycles. The molecule has 4 nitrogen and oxygen atoms in total. The molecule has 110 valence electrons. The number of amides is 1. The van der Waals surface area contributed by atoms with Crippen LogP contribution in [0.2, 0.25) is 0 Å². The SMILES string of the molecule is CC[C@@H](NC(=O)[C@@H]1C[C@H](C)CC[C@H]1C(C)C)C(=O)O. The van der Waals surface area contributed by atoms with E-state index in [0.717, 1.165) is 12.8 Å². The van der Waals surface area contributed by atoms with Crippen LogP contribution >= 0.6 is 0 Å². The highest BCUT2D eigenvalue weighted by Gasteiger charge is 2.36. The lowest BCUT2D eigenvalue weighted by atomic mass is 9.69. The maximum absolute atomic E-state index is 12.4. The van der Waals surface area contributed by atoms with Gasteiger partial charge in [-0.3, -0.25) is 4.79 Å². The largest absolute Gasteiger partial charge is 0.480 e. The van der Waals surface area contributed by atoms with Gasteiger partial charge in [0, 0.05) is 5.92 Å². The molecule has 4 heteroatoms. The van der Waals surface area contributed by atoms with Crippen molar-refractivity contribution in [3.63, 3.8) is 0 Å². The van der Waals surface area contributed by atoms with E-state index in [1.807, 2.05) is 0 Å². The minimum Gasteiger partial charge on any atom is -0.480 e. The summed E-state index contributed by atoms with van der Waals surface area (Å²) < 4.78 is 0. The highest BCUT2D eigenvalue weighted by molar-refractivity contribution is 5.85. The van der Waals surface area contributed by atoms with E-state index in [4.69, 9.17) is 5.11 Å². The number of carbonyl (C=O) groups is 2. The van der Waals surface area contributed by atoms with Crippen LogP contribution in [0.15, 0.2) is 0 Å². The summed E-state index contributed by atoms with van der Waals surface area (Å²) >= 11 is 0. The van der Waals surface area contributed by atoms with Crippen molar-refractivity contribution in [3.05, 3.63) is 0 Å². The van der Waals surface area contributed by atoms with Gasteiger partial charge in [0.15, 0.2) is 0 Å². The number of carboxylic acid groups (broad SMARTS) is 1. The Morgan fingerprint density at radius 2 is 1.95 bits per heavy atom. The van der Waals surface area contributed by atoms with Crippen LogP contribution in [0.4, 0.5) is 0 Å². The van der Waals surface area contributed by atoms with Crippen LogP contribution in [0, 0.1) is 23.7 Å². The van der Waals surface area contributed by atoms with E-state index >= 15 is 0 Å². The third kappa shape index (κ3) is 4.22. The standard InChI is InChI=1S/C15H27NO3/c1-5-13(15(18)19)16-14(17)12-8-10(4)6-7-11(12)9(2)3/h9-13H,5-8H2,1-4H3,(H,16,17)(H,18,19)/t10-,11+,12-,13-/m1/s1. The number of rotatable bonds is 5. The Bertz CT molecular complexity index is 327. The lowest BCUT2D eigenvalue weighted by Gasteiger charge is -2.36. The predicted molar refractivity (Wildman–Crippen MR) is 74.7 cm³/mol. The molecule has 2 N–H and O–H groups in total. The van der Waals surface area contributed by atoms with Gasteiger partial charge in [-0.1, -0.05) is 34.1 Å². The van der Waals surface area contributed by atoms with Gasteiger partial charge in [0.25, 0.3) is 0 Å². The van der Waals surface area contributed by atoms with Crippen molar-refractivity contribution in [1.82, 2.24) is 5.32 Å². The number of nitrogens with one attached hydrogen (secondary N) is 1. The zero-order valence-electron chi connectivity index (χ0n) is 12.5. The Balaban J connectivity index is 2.73. The first-order chi connectivity index (χ1) is 8.86. The van der Waals surface area contributed by atoms with E-state index < -0.39 is 12.0 Å². The zero-order chi connectivity index (χ0) is 14.6. The van der Waals surface area contributed by atoms with E-state index in [9.17, 15) is 9.59 Å². The summed E-state index contributed by atoms with van der Waals surface area (Å²) in [6, 6.07) is -0.752. The first-order valence-electron chi connectivity index (χ1n) is 7.39. The smallest absolute Gasteiger partial charge is 0.326 e. The van der Waals surface area contributed by atoms with Gasteiger partial charge in [0.1, 0.15) is 6.04 Å². The Hall–Kier alpha value is -1.06. The molecule has 1 rings (SSSR count). The van der Waals surface area contributed by atoms with Gasteiger partial charge < -0.3 is 10.4 Å². The average molecular weight is 269 g/mol. The second-order valence-corrected chi connectivity index (χ2v) is 6.24. The summed E-state index contributed by atoms with van der Waals surface area (Å²) in [5, 5.41) is 11.7. The van der Waals surface area contributed by atoms with Crippen molar-refractivity contribution in [3.8, 4) is 0 Å². The molecule has 0 spiro atoms. The van der Waals surface area contributed by atoms with Crippen LogP contribution in [0.5, 0.6) is 0 Å². The third-order valence-electron chi connectivity index (χ3n) is 4.38. The van der Waals surface area contributed by atoms with Crippen LogP contribution in [0.1, 0.15) is 53.4 Å². The van der Waals surface area contributed by atoms with E-state index in [-0.39, 0.29) is 11.8 Å². The molecule has 1 amide bonds. The highest BCUT2D eigenvalue weighted by atomic mass is 16.4. The Morgan fingerprint density at radius 3 is 2.42 bits per heavy atom. The monoisotopic (exact) mass is 269 g/mol. The zero-order valence-corrected chi connectivity index (χ0v) is 12.5. The lowest BCUT2D eigenvalue weighted by molar-refractivity contribution is -0.143. The molecule has 4 atom stereocenters. The van der Waals surface area contributed by atoms with Crippen molar-refractivity contribution in [2.24, 2.45) is 23.7 Å². The van der Waals surface area contributed by atoms with Gasteiger partial charge in [-0.25, -0.2) is 4.79 Å². The fourth-order valence-corrected chi connectivity index (χ4v) is 3.12. The van der Waals surface area contributed by atoms with Gasteiger partial charge in [-0.2, -0.15) is 0 Å². The second kappa shape index (κ2) is 6.92. The van der Waals surface area contributed by atoms with E-state index in [1.54, 1.807) is 6.92 Å². The highest BCUT2D eigenvalue weighted by Crippen LogP contribution is 2.38. The van der Waals surface area contributed by atoms with Crippen LogP contribution in [0.3, 0.4) is 0 Å². The number of hydrogen-bond acceptors (Lipinski definition) is 2. The van der Waals surface area contributed by atoms with Gasteiger partial charge in [-0.15, -0.1) is 0 Å². The number of hydrogen-bond donors (Lipinski definition) is 2. The molecule has 1 aliphatic carbocycles. The van der Waals surface area contributed by atoms with Crippen LogP contribution < -0.4 is 5.32 Å². The Kier molecular flexibility index (Phi) is 5.83. The van der Waals surface area contributed by atoms with Gasteiger partial charge in [0.05, 0.1) is 0 Å². The summed E-state index contributed by atoms with van der Waals surface area (Å²) in [7, 11) is 0. The molecule has 1 fully saturated rings. The fraction of sp³-hybridized carbons (Fsp3) is 0.867. The molecule has 1 saturated carbocycles. The number of carboxylic acids is 1. The van der Waals surface area contributed by atoms with Crippen LogP contribution in [0.25, 0.3) is 0 Å². The first-order valence-corrected chi connectivity index (χ1v) is 7.39. The molecule has 0 saturated heterocycles. The molecule has 0 aromatic rings. The maximum Gasteiger partial charge on any atom is 0.326 e. The van der Waals surface area contributed by atoms with Crippen molar-refractivity contribution in [2.45, 2.75) is 59.4 Å². The molecule has 19 heavy (non-hydrogen) atoms. The van der Waals surface area contributed by atoms with E-state index in [0.29, 0.717) is 24.2 Å². The summed E-state index contributed by atoms with van der Waals surface area (Å²) in [5.74, 6) is 0.351. The maximum atomic E-state index is 12.4. The Morgan fingerprint density at radius 1 is 1.32 bits per heavy atom. The van der Waals surface area contributed by atoms with Crippen LogP contribution in [-0.4, -0.2) is 23.0 Å². The lowest BCUT2D eigenvalue weighted by Crippen LogP contribution is -2.47. The molecular weight excluding hydrogens is 242 g/mol. The van der Waals surface area contributed by atoms with Crippen molar-refractivity contribution < 1.29 is 14.7 Å². The van der Waals surface area contributed by atoms with E-state index in [2.05, 4.69) is 26.1 Å². The number of aliphatic carboxylic acids is 1. The van der Waals surface area contributed by atoms with Gasteiger partial charge in [-0.05, 0) is 37.0 Å². The minimum absolute atomic E-state index is 0.0304. The fourth-order valence-electron chi connectivity index (χ4n) is 3.12. The third-order valence-corrected chi connectivity index (χ3v) is 4.38. The number of carbonyl (C=O) groups excluding carboxylic acids is 1. The molecule has 0 aliphatic heterocycles. The molecule has 0 bridgehead atoms. The van der Waals surface area contributed by atoms with E-state index in [1.165, 1.54) is 6.42 Å². The predicted octanol–water partition coefficient (Wildman–Crippen LogP) is 2.67. The molecular formula is C15H27NO3. The summed E-state index contributed by atoms with van der Waals surface area (Å²) in [5.41, 5.74) is 0. The van der Waals surface area contributed by atoms with Gasteiger partial charge >= 0.3 is 5.97 Å². The minimum atomic E-state index is -0.944. The molecule has 0 unspecified atom stereocenters. The van der Waals surface area contributed by atoms with Crippen molar-refractivity contribution in [2.75, 3.05) is 0 Å². The van der Waals surface area contributed by atoms with Crippen molar-refractivity contribution >= 4 is 11.9 Å².